The van der Waals surface area contributed by atoms with E-state index in [9.17, 15) is 4.79 Å². The van der Waals surface area contributed by atoms with Gasteiger partial charge in [0.1, 0.15) is 0 Å². The molecule has 0 aliphatic rings. The number of allylic oxidation sites excluding steroid dienone is 2. The first-order chi connectivity index (χ1) is 16.7. The molecule has 0 fully saturated rings. The standard InChI is InChI=1S/C27H22N.C5H8O2.Ir/c1-17(2)21-10-8-20-12-13-28-27(25(20)16-21)23-14-18(3)26-22(15-23)11-9-19-6-4-5-7-24(19)26;1-4(6)3-5(2)7;/h4-14,16-17H,1-3H3;3,6H,1-2H3;/q-1;;/b;4-3-;. The quantitative estimate of drug-likeness (QED) is 0.0921. The number of aryl methyl sites for hydroxylation is 1. The van der Waals surface area contributed by atoms with Crippen molar-refractivity contribution in [3.8, 4) is 11.3 Å². The molecule has 0 unspecified atom stereocenters. The summed E-state index contributed by atoms with van der Waals surface area (Å²) in [5, 5.41) is 15.8. The zero-order chi connectivity index (χ0) is 25.1. The van der Waals surface area contributed by atoms with Crippen LogP contribution in [0.15, 0.2) is 84.8 Å². The van der Waals surface area contributed by atoms with Gasteiger partial charge in [0.25, 0.3) is 0 Å². The average Bonchev–Trinajstić information content (AvgIpc) is 2.82. The number of hydrogen-bond acceptors (Lipinski definition) is 3. The number of aromatic nitrogens is 1. The Morgan fingerprint density at radius 1 is 0.944 bits per heavy atom. The van der Waals surface area contributed by atoms with Gasteiger partial charge in [-0.05, 0) is 52.9 Å². The van der Waals surface area contributed by atoms with Crippen LogP contribution in [0.5, 0.6) is 0 Å². The third kappa shape index (κ3) is 5.90. The summed E-state index contributed by atoms with van der Waals surface area (Å²) in [6, 6.07) is 27.6. The molecule has 5 rings (SSSR count). The third-order valence-electron chi connectivity index (χ3n) is 6.08. The largest absolute Gasteiger partial charge is 0.512 e. The second kappa shape index (κ2) is 11.6. The number of pyridine rings is 1. The van der Waals surface area contributed by atoms with Crippen LogP contribution in [0.2, 0.25) is 0 Å². The van der Waals surface area contributed by atoms with Gasteiger partial charge >= 0.3 is 0 Å². The molecule has 1 heterocycles. The zero-order valence-corrected chi connectivity index (χ0v) is 23.6. The van der Waals surface area contributed by atoms with E-state index in [1.54, 1.807) is 0 Å². The van der Waals surface area contributed by atoms with Gasteiger partial charge < -0.3 is 5.11 Å². The van der Waals surface area contributed by atoms with Gasteiger partial charge in [0.2, 0.25) is 0 Å². The minimum atomic E-state index is -0.125. The Kier molecular flexibility index (Phi) is 8.79. The molecule has 36 heavy (non-hydrogen) atoms. The number of aliphatic hydroxyl groups excluding tert-OH is 1. The van der Waals surface area contributed by atoms with Crippen molar-refractivity contribution in [1.82, 2.24) is 4.98 Å². The number of fused-ring (bicyclic) bond motifs is 4. The van der Waals surface area contributed by atoms with E-state index in [4.69, 9.17) is 10.1 Å². The van der Waals surface area contributed by atoms with Crippen LogP contribution in [0.4, 0.5) is 0 Å². The zero-order valence-electron chi connectivity index (χ0n) is 21.2. The van der Waals surface area contributed by atoms with Crippen LogP contribution in [-0.2, 0) is 24.9 Å². The Morgan fingerprint density at radius 3 is 2.31 bits per heavy atom. The maximum Gasteiger partial charge on any atom is 0.155 e. The number of aliphatic hydroxyl groups is 1. The second-order valence-electron chi connectivity index (χ2n) is 9.27. The maximum absolute atomic E-state index is 10.0. The first-order valence-electron chi connectivity index (χ1n) is 11.9. The van der Waals surface area contributed by atoms with Gasteiger partial charge in [-0.3, -0.25) is 9.78 Å². The molecule has 0 spiro atoms. The van der Waals surface area contributed by atoms with Crippen molar-refractivity contribution < 1.29 is 30.0 Å². The van der Waals surface area contributed by atoms with Crippen LogP contribution < -0.4 is 0 Å². The van der Waals surface area contributed by atoms with Crippen molar-refractivity contribution in [2.45, 2.75) is 40.5 Å². The van der Waals surface area contributed by atoms with E-state index in [0.717, 1.165) is 16.6 Å². The molecule has 0 aliphatic heterocycles. The van der Waals surface area contributed by atoms with E-state index in [-0.39, 0.29) is 31.6 Å². The summed E-state index contributed by atoms with van der Waals surface area (Å²) in [6.45, 7) is 9.50. The summed E-state index contributed by atoms with van der Waals surface area (Å²) in [7, 11) is 0. The first-order valence-corrected chi connectivity index (χ1v) is 11.9. The molecule has 0 saturated heterocycles. The first kappa shape index (κ1) is 27.3. The van der Waals surface area contributed by atoms with Gasteiger partial charge in [-0.25, -0.2) is 0 Å². The van der Waals surface area contributed by atoms with Gasteiger partial charge in [-0.1, -0.05) is 80.3 Å². The van der Waals surface area contributed by atoms with Crippen LogP contribution in [0.1, 0.15) is 44.7 Å². The molecule has 4 aromatic carbocycles. The fraction of sp³-hybridized carbons (Fsp3) is 0.188. The topological polar surface area (TPSA) is 50.2 Å². The monoisotopic (exact) mass is 653 g/mol. The van der Waals surface area contributed by atoms with Gasteiger partial charge in [0, 0.05) is 38.1 Å². The summed E-state index contributed by atoms with van der Waals surface area (Å²) in [5.41, 5.74) is 4.68. The molecule has 1 radical (unpaired) electrons. The third-order valence-corrected chi connectivity index (χ3v) is 6.08. The molecule has 4 heteroatoms. The molecule has 0 bridgehead atoms. The van der Waals surface area contributed by atoms with E-state index < -0.39 is 0 Å². The average molecular weight is 653 g/mol. The number of nitrogens with zero attached hydrogens (tertiary/aromatic N) is 1. The molecule has 5 aromatic rings. The van der Waals surface area contributed by atoms with E-state index >= 15 is 0 Å². The molecule has 0 saturated carbocycles. The summed E-state index contributed by atoms with van der Waals surface area (Å²) in [5.74, 6) is 0.429. The summed E-state index contributed by atoms with van der Waals surface area (Å²) in [6.07, 6.45) is 3.07. The number of carbonyl (C=O) groups excluding carboxylic acids is 1. The number of carbonyl (C=O) groups is 1. The van der Waals surface area contributed by atoms with Crippen LogP contribution >= 0.6 is 0 Å². The Labute approximate surface area is 226 Å². The molecule has 1 N–H and O–H groups in total. The smallest absolute Gasteiger partial charge is 0.155 e. The van der Waals surface area contributed by atoms with E-state index in [2.05, 4.69) is 93.6 Å². The molecule has 0 aliphatic carbocycles. The number of ketones is 1. The van der Waals surface area contributed by atoms with Crippen LogP contribution in [0, 0.1) is 13.0 Å². The summed E-state index contributed by atoms with van der Waals surface area (Å²) < 4.78 is 0. The fourth-order valence-corrected chi connectivity index (χ4v) is 4.45. The van der Waals surface area contributed by atoms with Crippen molar-refractivity contribution in [2.24, 2.45) is 0 Å². The molecule has 0 atom stereocenters. The SMILES string of the molecule is CC(=O)/C=C(/C)O.Cc1cc(-c2nccc3ccc(C(C)C)cc23)[c-]c2ccc3ccccc3c12.[Ir]. The van der Waals surface area contributed by atoms with Crippen LogP contribution in [0.25, 0.3) is 43.6 Å². The number of hydrogen-bond donors (Lipinski definition) is 1. The van der Waals surface area contributed by atoms with Crippen LogP contribution in [0.3, 0.4) is 0 Å². The van der Waals surface area contributed by atoms with E-state index in [1.807, 2.05) is 6.20 Å². The summed E-state index contributed by atoms with van der Waals surface area (Å²) in [4.78, 5) is 14.8. The molecular formula is C32H30IrNO2-. The predicted octanol–water partition coefficient (Wildman–Crippen LogP) is 8.47. The number of benzene rings is 4. The predicted molar refractivity (Wildman–Crippen MR) is 147 cm³/mol. The van der Waals surface area contributed by atoms with Gasteiger partial charge in [-0.2, -0.15) is 0 Å². The molecule has 3 nitrogen and oxygen atoms in total. The van der Waals surface area contributed by atoms with Gasteiger partial charge in [-0.15, -0.1) is 29.1 Å². The van der Waals surface area contributed by atoms with Crippen molar-refractivity contribution in [3.05, 3.63) is 102 Å². The Hall–Kier alpha value is -3.33. The molecule has 185 valence electrons. The van der Waals surface area contributed by atoms with Crippen molar-refractivity contribution >= 4 is 38.1 Å². The maximum atomic E-state index is 10.0. The van der Waals surface area contributed by atoms with Crippen molar-refractivity contribution in [2.75, 3.05) is 0 Å². The minimum absolute atomic E-state index is 0. The van der Waals surface area contributed by atoms with Crippen molar-refractivity contribution in [1.29, 1.82) is 0 Å². The molecule has 0 amide bonds. The van der Waals surface area contributed by atoms with Crippen molar-refractivity contribution in [3.63, 3.8) is 0 Å². The fourth-order valence-electron chi connectivity index (χ4n) is 4.45. The minimum Gasteiger partial charge on any atom is -0.512 e. The Balaban J connectivity index is 0.000000400. The van der Waals surface area contributed by atoms with Crippen LogP contribution in [-0.4, -0.2) is 15.9 Å². The second-order valence-corrected chi connectivity index (χ2v) is 9.27. The van der Waals surface area contributed by atoms with Gasteiger partial charge in [0.05, 0.1) is 5.76 Å². The normalized spacial score (nSPS) is 11.3. The number of rotatable bonds is 3. The van der Waals surface area contributed by atoms with E-state index in [1.165, 1.54) is 58.0 Å². The van der Waals surface area contributed by atoms with E-state index in [0.29, 0.717) is 5.92 Å². The Bertz CT molecular complexity index is 1580. The Morgan fingerprint density at radius 2 is 1.64 bits per heavy atom. The van der Waals surface area contributed by atoms with Gasteiger partial charge in [0.15, 0.2) is 5.78 Å². The molecule has 1 aromatic heterocycles. The molecular weight excluding hydrogens is 623 g/mol. The summed E-state index contributed by atoms with van der Waals surface area (Å²) >= 11 is 0.